The highest BCUT2D eigenvalue weighted by Crippen LogP contribution is 2.34. The first-order valence-electron chi connectivity index (χ1n) is 11.0. The molecule has 0 saturated carbocycles. The first-order valence-corrected chi connectivity index (χ1v) is 11.0. The van der Waals surface area contributed by atoms with Crippen molar-refractivity contribution in [3.05, 3.63) is 72.3 Å². The smallest absolute Gasteiger partial charge is 0.187 e. The Morgan fingerprint density at radius 2 is 1.94 bits per heavy atom. The van der Waals surface area contributed by atoms with Crippen molar-refractivity contribution in [1.29, 1.82) is 5.26 Å². The fourth-order valence-corrected chi connectivity index (χ4v) is 4.43. The lowest BCUT2D eigenvalue weighted by Crippen LogP contribution is -2.43. The van der Waals surface area contributed by atoms with Gasteiger partial charge in [0.25, 0.3) is 0 Å². The zero-order valence-corrected chi connectivity index (χ0v) is 18.7. The van der Waals surface area contributed by atoms with Crippen molar-refractivity contribution in [1.82, 2.24) is 25.0 Å². The second kappa shape index (κ2) is 8.57. The van der Waals surface area contributed by atoms with E-state index in [-0.39, 0.29) is 1.43 Å². The Hall–Kier alpha value is -3.89. The zero-order chi connectivity index (χ0) is 22.8. The van der Waals surface area contributed by atoms with Crippen LogP contribution in [0.5, 0.6) is 0 Å². The number of pyridine rings is 1. The van der Waals surface area contributed by atoms with Crippen LogP contribution in [0.15, 0.2) is 65.4 Å². The number of hydrogen-bond donors (Lipinski definition) is 0. The summed E-state index contributed by atoms with van der Waals surface area (Å²) in [6.07, 6.45) is 5.27. The molecule has 0 aliphatic carbocycles. The molecule has 1 unspecified atom stereocenters. The lowest BCUT2D eigenvalue weighted by atomic mass is 9.78. The molecule has 1 aliphatic rings. The highest BCUT2D eigenvalue weighted by Gasteiger charge is 2.37. The number of likely N-dealkylation sites (N-methyl/N-ethyl adjacent to an activating group) is 1. The van der Waals surface area contributed by atoms with Crippen molar-refractivity contribution in [3.8, 4) is 40.0 Å². The van der Waals surface area contributed by atoms with E-state index in [0.717, 1.165) is 47.6 Å². The minimum Gasteiger partial charge on any atom is -0.354 e. The third-order valence-corrected chi connectivity index (χ3v) is 6.21. The lowest BCUT2D eigenvalue weighted by molar-refractivity contribution is 0.209. The summed E-state index contributed by atoms with van der Waals surface area (Å²) in [5, 5.41) is 14.3. The summed E-state index contributed by atoms with van der Waals surface area (Å²) in [5.41, 5.74) is 4.88. The minimum atomic E-state index is -0.612. The van der Waals surface area contributed by atoms with Crippen LogP contribution in [0.2, 0.25) is 0 Å². The second-order valence-corrected chi connectivity index (χ2v) is 8.60. The van der Waals surface area contributed by atoms with Gasteiger partial charge < -0.3 is 9.42 Å². The number of rotatable bonds is 4. The summed E-state index contributed by atoms with van der Waals surface area (Å²) >= 11 is 0. The molecule has 4 heterocycles. The predicted molar refractivity (Wildman–Crippen MR) is 127 cm³/mol. The number of nitrogens with zero attached hydrogens (tertiary/aromatic N) is 6. The molecule has 1 aliphatic heterocycles. The van der Waals surface area contributed by atoms with E-state index in [4.69, 9.17) is 9.51 Å². The molecule has 0 N–H and O–H groups in total. The Balaban J connectivity index is 0.00000274. The molecule has 0 radical (unpaired) electrons. The van der Waals surface area contributed by atoms with Crippen molar-refractivity contribution in [2.75, 3.05) is 20.1 Å². The van der Waals surface area contributed by atoms with E-state index in [0.29, 0.717) is 23.7 Å². The van der Waals surface area contributed by atoms with Gasteiger partial charge in [0.05, 0.1) is 29.3 Å². The van der Waals surface area contributed by atoms with Crippen LogP contribution in [0, 0.1) is 18.3 Å². The molecule has 1 atom stereocenters. The van der Waals surface area contributed by atoms with Gasteiger partial charge in [-0.05, 0) is 45.5 Å². The zero-order valence-electron chi connectivity index (χ0n) is 18.7. The molecular weight excluding hydrogens is 412 g/mol. The van der Waals surface area contributed by atoms with Crippen molar-refractivity contribution in [3.63, 3.8) is 0 Å². The van der Waals surface area contributed by atoms with E-state index in [2.05, 4.69) is 26.1 Å². The largest absolute Gasteiger partial charge is 0.354 e. The molecule has 33 heavy (non-hydrogen) atoms. The van der Waals surface area contributed by atoms with Crippen LogP contribution in [0.4, 0.5) is 0 Å². The molecule has 0 bridgehead atoms. The Bertz CT molecular complexity index is 1330. The molecule has 3 aromatic heterocycles. The maximum absolute atomic E-state index is 10.0. The fourth-order valence-electron chi connectivity index (χ4n) is 4.43. The van der Waals surface area contributed by atoms with Crippen molar-refractivity contribution in [2.24, 2.45) is 0 Å². The number of hydrogen-bond acceptors (Lipinski definition) is 7. The van der Waals surface area contributed by atoms with Crippen LogP contribution in [0.25, 0.3) is 34.0 Å². The summed E-state index contributed by atoms with van der Waals surface area (Å²) in [5.74, 6) is 0.567. The fraction of sp³-hybridized carbons (Fsp3) is 0.269. The van der Waals surface area contributed by atoms with Gasteiger partial charge in [-0.15, -0.1) is 0 Å². The number of aromatic nitrogens is 4. The van der Waals surface area contributed by atoms with E-state index in [1.165, 1.54) is 0 Å². The molecule has 1 saturated heterocycles. The van der Waals surface area contributed by atoms with Crippen molar-refractivity contribution >= 4 is 0 Å². The van der Waals surface area contributed by atoms with Crippen LogP contribution in [-0.2, 0) is 5.41 Å². The van der Waals surface area contributed by atoms with Gasteiger partial charge in [-0.2, -0.15) is 5.26 Å². The van der Waals surface area contributed by atoms with Crippen LogP contribution in [-0.4, -0.2) is 45.1 Å². The van der Waals surface area contributed by atoms with Gasteiger partial charge in [-0.25, -0.2) is 4.98 Å². The van der Waals surface area contributed by atoms with Crippen LogP contribution < -0.4 is 0 Å². The van der Waals surface area contributed by atoms with Crippen molar-refractivity contribution < 1.29 is 5.95 Å². The molecule has 4 aromatic rings. The molecule has 166 valence electrons. The van der Waals surface area contributed by atoms with E-state index < -0.39 is 5.41 Å². The summed E-state index contributed by atoms with van der Waals surface area (Å²) in [6, 6.07) is 18.2. The minimum absolute atomic E-state index is 0. The highest BCUT2D eigenvalue weighted by atomic mass is 16.5. The summed E-state index contributed by atoms with van der Waals surface area (Å²) < 4.78 is 5.63. The summed E-state index contributed by atoms with van der Waals surface area (Å²) in [6.45, 7) is 3.57. The average molecular weight is 439 g/mol. The van der Waals surface area contributed by atoms with Gasteiger partial charge in [-0.1, -0.05) is 35.5 Å². The predicted octanol–water partition coefficient (Wildman–Crippen LogP) is 4.90. The van der Waals surface area contributed by atoms with Crippen LogP contribution in [0.3, 0.4) is 0 Å². The molecule has 0 spiro atoms. The maximum Gasteiger partial charge on any atom is 0.187 e. The van der Waals surface area contributed by atoms with Gasteiger partial charge in [0.2, 0.25) is 0 Å². The van der Waals surface area contributed by atoms with E-state index in [1.807, 2.05) is 62.5 Å². The molecule has 1 aromatic carbocycles. The van der Waals surface area contributed by atoms with E-state index >= 15 is 0 Å². The first kappa shape index (κ1) is 21.0. The Morgan fingerprint density at radius 1 is 1.09 bits per heavy atom. The van der Waals surface area contributed by atoms with E-state index in [9.17, 15) is 5.26 Å². The van der Waals surface area contributed by atoms with Gasteiger partial charge in [0, 0.05) is 31.4 Å². The Kier molecular flexibility index (Phi) is 5.45. The highest BCUT2D eigenvalue weighted by molar-refractivity contribution is 5.68. The van der Waals surface area contributed by atoms with E-state index in [1.54, 1.807) is 12.4 Å². The Labute approximate surface area is 194 Å². The number of piperidine rings is 1. The van der Waals surface area contributed by atoms with Gasteiger partial charge in [0.15, 0.2) is 5.76 Å². The average Bonchev–Trinajstić information content (AvgIpc) is 3.35. The van der Waals surface area contributed by atoms with Crippen molar-refractivity contribution in [2.45, 2.75) is 25.2 Å². The lowest BCUT2D eigenvalue weighted by Gasteiger charge is -2.36. The number of benzene rings is 1. The van der Waals surface area contributed by atoms with Crippen LogP contribution >= 0.6 is 0 Å². The number of likely N-dealkylation sites (tertiary alicyclic amines) is 1. The topological polar surface area (TPSA) is 91.7 Å². The molecule has 5 rings (SSSR count). The Morgan fingerprint density at radius 3 is 2.73 bits per heavy atom. The van der Waals surface area contributed by atoms with Gasteiger partial charge in [0.1, 0.15) is 16.8 Å². The number of aryl methyl sites for hydroxylation is 1. The normalized spacial score (nSPS) is 18.7. The molecule has 7 nitrogen and oxygen atoms in total. The maximum atomic E-state index is 10.0. The third kappa shape index (κ3) is 4.01. The molecule has 7 heteroatoms. The third-order valence-electron chi connectivity index (χ3n) is 6.21. The summed E-state index contributed by atoms with van der Waals surface area (Å²) in [4.78, 5) is 16.2. The second-order valence-electron chi connectivity index (χ2n) is 8.60. The molecule has 1 fully saturated rings. The van der Waals surface area contributed by atoms with Gasteiger partial charge >= 0.3 is 0 Å². The standard InChI is InChI=1S/C26H24N6O.H2/c1-18-25(23-14-21(31-33-23)19-7-4-3-5-8-19)30-22(15-29-18)20-9-11-28-24(13-20)26(16-27)10-6-12-32(2)17-26;/h3-5,7-9,11,13-15H,6,10,12,17H2,1-2H3;1H. The SMILES string of the molecule is Cc1ncc(-c2ccnc(C3(C#N)CCCN(C)C3)c2)nc1-c1cc(-c2ccccc2)no1.[HH]. The van der Waals surface area contributed by atoms with Gasteiger partial charge in [-0.3, -0.25) is 9.97 Å². The first-order chi connectivity index (χ1) is 16.1. The molecular formula is C26H26N6O. The number of nitriles is 1. The summed E-state index contributed by atoms with van der Waals surface area (Å²) in [7, 11) is 2.05. The van der Waals surface area contributed by atoms with Crippen LogP contribution in [0.1, 0.15) is 25.7 Å². The molecule has 0 amide bonds. The monoisotopic (exact) mass is 438 g/mol. The quantitative estimate of drug-likeness (QED) is 0.447.